The van der Waals surface area contributed by atoms with Gasteiger partial charge in [0.05, 0.1) is 0 Å². The number of carbonyl (C=O) groups excluding carboxylic acids is 2. The summed E-state index contributed by atoms with van der Waals surface area (Å²) < 4.78 is 5.07. The zero-order valence-electron chi connectivity index (χ0n) is 14.8. The van der Waals surface area contributed by atoms with Gasteiger partial charge in [-0.3, -0.25) is 4.79 Å². The molecule has 3 aromatic rings. The highest BCUT2D eigenvalue weighted by Gasteiger charge is 2.15. The lowest BCUT2D eigenvalue weighted by Gasteiger charge is -2.10. The molecule has 1 N–H and O–H groups in total. The number of thiazole rings is 1. The second kappa shape index (κ2) is 8.33. The van der Waals surface area contributed by atoms with Gasteiger partial charge in [-0.1, -0.05) is 35.9 Å². The van der Waals surface area contributed by atoms with Crippen LogP contribution in [0.5, 0.6) is 0 Å². The van der Waals surface area contributed by atoms with Crippen molar-refractivity contribution in [1.29, 1.82) is 0 Å². The van der Waals surface area contributed by atoms with E-state index in [1.165, 1.54) is 11.3 Å². The summed E-state index contributed by atoms with van der Waals surface area (Å²) in [5, 5.41) is 5.59. The summed E-state index contributed by atoms with van der Waals surface area (Å²) in [7, 11) is 0. The molecule has 0 saturated carbocycles. The second-order valence-corrected chi connectivity index (χ2v) is 7.21. The first kappa shape index (κ1) is 19.1. The van der Waals surface area contributed by atoms with E-state index in [1.54, 1.807) is 23.6 Å². The minimum atomic E-state index is -0.643. The third kappa shape index (κ3) is 4.72. The van der Waals surface area contributed by atoms with Crippen molar-refractivity contribution >= 4 is 40.5 Å². The molecule has 0 fully saturated rings. The van der Waals surface area contributed by atoms with Crippen molar-refractivity contribution in [2.24, 2.45) is 0 Å². The number of aryl methyl sites for hydroxylation is 1. The Morgan fingerprint density at radius 3 is 2.74 bits per heavy atom. The predicted octanol–water partition coefficient (Wildman–Crippen LogP) is 4.88. The molecule has 3 rings (SSSR count). The Morgan fingerprint density at radius 1 is 1.19 bits per heavy atom. The van der Waals surface area contributed by atoms with Crippen LogP contribution in [0.15, 0.2) is 47.8 Å². The summed E-state index contributed by atoms with van der Waals surface area (Å²) in [6.07, 6.45) is 0. The highest BCUT2D eigenvalue weighted by molar-refractivity contribution is 7.13. The number of amides is 1. The maximum Gasteiger partial charge on any atom is 0.358 e. The molecular formula is C20H17ClN2O3S. The van der Waals surface area contributed by atoms with E-state index < -0.39 is 11.9 Å². The zero-order valence-corrected chi connectivity index (χ0v) is 16.4. The van der Waals surface area contributed by atoms with Gasteiger partial charge in [-0.05, 0) is 43.2 Å². The van der Waals surface area contributed by atoms with Crippen molar-refractivity contribution in [2.75, 3.05) is 11.9 Å². The zero-order chi connectivity index (χ0) is 19.4. The van der Waals surface area contributed by atoms with Crippen LogP contribution in [0.25, 0.3) is 10.6 Å². The van der Waals surface area contributed by atoms with Crippen molar-refractivity contribution in [3.8, 4) is 10.6 Å². The van der Waals surface area contributed by atoms with Gasteiger partial charge in [0.25, 0.3) is 5.91 Å². The molecule has 0 aliphatic carbocycles. The van der Waals surface area contributed by atoms with Crippen LogP contribution < -0.4 is 5.32 Å². The molecule has 0 spiro atoms. The highest BCUT2D eigenvalue weighted by atomic mass is 35.5. The molecule has 0 saturated heterocycles. The third-order valence-corrected chi connectivity index (χ3v) is 5.12. The largest absolute Gasteiger partial charge is 0.451 e. The lowest BCUT2D eigenvalue weighted by Crippen LogP contribution is -2.21. The molecule has 2 aromatic carbocycles. The maximum absolute atomic E-state index is 12.2. The first-order valence-electron chi connectivity index (χ1n) is 8.18. The smallest absolute Gasteiger partial charge is 0.358 e. The molecule has 0 radical (unpaired) electrons. The maximum atomic E-state index is 12.2. The molecule has 0 bridgehead atoms. The number of halogens is 1. The number of hydrogen-bond donors (Lipinski definition) is 1. The molecule has 1 aromatic heterocycles. The van der Waals surface area contributed by atoms with E-state index in [4.69, 9.17) is 16.3 Å². The Bertz CT molecular complexity index is 1000. The fraction of sp³-hybridized carbons (Fsp3) is 0.150. The highest BCUT2D eigenvalue weighted by Crippen LogP contribution is 2.26. The van der Waals surface area contributed by atoms with Gasteiger partial charge in [0.15, 0.2) is 12.3 Å². The van der Waals surface area contributed by atoms with Crippen LogP contribution in [-0.4, -0.2) is 23.5 Å². The van der Waals surface area contributed by atoms with Crippen molar-refractivity contribution < 1.29 is 14.3 Å². The van der Waals surface area contributed by atoms with Gasteiger partial charge in [-0.15, -0.1) is 11.3 Å². The number of ether oxygens (including phenoxy) is 1. The Morgan fingerprint density at radius 2 is 1.96 bits per heavy atom. The first-order chi connectivity index (χ1) is 12.9. The molecule has 7 heteroatoms. The number of anilines is 1. The number of rotatable bonds is 5. The summed E-state index contributed by atoms with van der Waals surface area (Å²) in [4.78, 5) is 28.5. The fourth-order valence-electron chi connectivity index (χ4n) is 2.40. The molecule has 0 unspecified atom stereocenters. The number of nitrogens with one attached hydrogen (secondary N) is 1. The Kier molecular flexibility index (Phi) is 5.88. The summed E-state index contributed by atoms with van der Waals surface area (Å²) in [5.74, 6) is -1.04. The lowest BCUT2D eigenvalue weighted by molar-refractivity contribution is -0.119. The van der Waals surface area contributed by atoms with Crippen LogP contribution in [0.2, 0.25) is 5.02 Å². The van der Waals surface area contributed by atoms with Gasteiger partial charge >= 0.3 is 5.97 Å². The number of aromatic nitrogens is 1. The third-order valence-electron chi connectivity index (χ3n) is 4.00. The van der Waals surface area contributed by atoms with E-state index >= 15 is 0 Å². The first-order valence-corrected chi connectivity index (χ1v) is 9.44. The molecule has 27 heavy (non-hydrogen) atoms. The van der Waals surface area contributed by atoms with E-state index in [2.05, 4.69) is 10.3 Å². The number of nitrogens with zero attached hydrogens (tertiary/aromatic N) is 1. The normalized spacial score (nSPS) is 10.5. The quantitative estimate of drug-likeness (QED) is 0.620. The van der Waals surface area contributed by atoms with E-state index in [0.29, 0.717) is 15.7 Å². The van der Waals surface area contributed by atoms with E-state index in [9.17, 15) is 9.59 Å². The molecule has 0 aliphatic rings. The predicted molar refractivity (Wildman–Crippen MR) is 107 cm³/mol. The van der Waals surface area contributed by atoms with E-state index in [0.717, 1.165) is 16.7 Å². The van der Waals surface area contributed by atoms with Gasteiger partial charge < -0.3 is 10.1 Å². The second-order valence-electron chi connectivity index (χ2n) is 5.92. The number of carbonyl (C=O) groups is 2. The molecule has 0 aliphatic heterocycles. The van der Waals surface area contributed by atoms with E-state index in [-0.39, 0.29) is 12.3 Å². The molecular weight excluding hydrogens is 384 g/mol. The Labute approximate surface area is 166 Å². The van der Waals surface area contributed by atoms with Crippen LogP contribution in [0, 0.1) is 13.8 Å². The SMILES string of the molecule is Cc1cccc(NC(=O)COC(=O)c2csc(-c3cccc(Cl)c3)n2)c1C. The monoisotopic (exact) mass is 400 g/mol. The fourth-order valence-corrected chi connectivity index (χ4v) is 3.38. The number of esters is 1. The Hall–Kier alpha value is -2.70. The summed E-state index contributed by atoms with van der Waals surface area (Å²) in [6, 6.07) is 12.8. The molecule has 138 valence electrons. The number of benzene rings is 2. The van der Waals surface area contributed by atoms with Crippen LogP contribution in [-0.2, 0) is 9.53 Å². The van der Waals surface area contributed by atoms with Crippen molar-refractivity contribution in [2.45, 2.75) is 13.8 Å². The van der Waals surface area contributed by atoms with Gasteiger partial charge in [-0.2, -0.15) is 0 Å². The molecule has 1 heterocycles. The van der Waals surface area contributed by atoms with Gasteiger partial charge in [0, 0.05) is 21.7 Å². The van der Waals surface area contributed by atoms with Gasteiger partial charge in [0.1, 0.15) is 5.01 Å². The van der Waals surface area contributed by atoms with Crippen LogP contribution in [0.4, 0.5) is 5.69 Å². The molecule has 5 nitrogen and oxygen atoms in total. The van der Waals surface area contributed by atoms with Crippen molar-refractivity contribution in [3.05, 3.63) is 69.7 Å². The summed E-state index contributed by atoms with van der Waals surface area (Å²) in [5.41, 5.74) is 3.73. The minimum Gasteiger partial charge on any atom is -0.451 e. The van der Waals surface area contributed by atoms with Crippen LogP contribution >= 0.6 is 22.9 Å². The lowest BCUT2D eigenvalue weighted by atomic mass is 10.1. The van der Waals surface area contributed by atoms with Crippen LogP contribution in [0.1, 0.15) is 21.6 Å². The van der Waals surface area contributed by atoms with E-state index in [1.807, 2.05) is 38.1 Å². The summed E-state index contributed by atoms with van der Waals surface area (Å²) >= 11 is 7.29. The van der Waals surface area contributed by atoms with Gasteiger partial charge in [-0.25, -0.2) is 9.78 Å². The average Bonchev–Trinajstić information content (AvgIpc) is 3.14. The number of hydrogen-bond acceptors (Lipinski definition) is 5. The van der Waals surface area contributed by atoms with Crippen molar-refractivity contribution in [1.82, 2.24) is 4.98 Å². The molecule has 1 amide bonds. The van der Waals surface area contributed by atoms with Crippen LogP contribution in [0.3, 0.4) is 0 Å². The molecule has 0 atom stereocenters. The van der Waals surface area contributed by atoms with Crippen molar-refractivity contribution in [3.63, 3.8) is 0 Å². The average molecular weight is 401 g/mol. The standard InChI is InChI=1S/C20H17ClN2O3S/c1-12-5-3-8-16(13(12)2)22-18(24)10-26-20(25)17-11-27-19(23-17)14-6-4-7-15(21)9-14/h3-9,11H,10H2,1-2H3,(H,22,24). The Balaban J connectivity index is 1.59. The summed E-state index contributed by atoms with van der Waals surface area (Å²) in [6.45, 7) is 3.50. The topological polar surface area (TPSA) is 68.3 Å². The minimum absolute atomic E-state index is 0.162. The van der Waals surface area contributed by atoms with Gasteiger partial charge in [0.2, 0.25) is 0 Å².